The zero-order chi connectivity index (χ0) is 58.2. The predicted octanol–water partition coefficient (Wildman–Crippen LogP) is 8.51. The molecule has 9 aliphatic rings. The number of allylic oxidation sites excluding steroid dienone is 8. The number of rotatable bonds is 15. The molecule has 0 spiro atoms. The Morgan fingerprint density at radius 1 is 0.840 bits per heavy atom. The molecule has 1 heterocycles. The van der Waals surface area contributed by atoms with Crippen LogP contribution in [0, 0.1) is 80.8 Å². The van der Waals surface area contributed by atoms with E-state index in [1.165, 1.54) is 30.9 Å². The fraction of sp³-hybridized carbons (Fsp3) is 0.682. The average molecular weight is 1120 g/mol. The summed E-state index contributed by atoms with van der Waals surface area (Å²) in [7, 11) is 0. The smallest absolute Gasteiger partial charge is 0.329 e. The first kappa shape index (κ1) is 58.9. The third-order valence-corrected chi connectivity index (χ3v) is 22.9. The monoisotopic (exact) mass is 1120 g/mol. The van der Waals surface area contributed by atoms with Crippen molar-refractivity contribution in [1.29, 1.82) is 0 Å². The summed E-state index contributed by atoms with van der Waals surface area (Å²) in [6.45, 7) is 17.5. The summed E-state index contributed by atoms with van der Waals surface area (Å²) in [4.78, 5) is 99.0. The minimum atomic E-state index is -1.74. The first-order valence-corrected chi connectivity index (χ1v) is 30.7. The Bertz CT molecular complexity index is 2790. The minimum Gasteiger partial charge on any atom is -0.458 e. The van der Waals surface area contributed by atoms with E-state index < -0.39 is 107 Å². The maximum Gasteiger partial charge on any atom is 0.329 e. The maximum absolute atomic E-state index is 16.4. The van der Waals surface area contributed by atoms with Crippen LogP contribution < -0.4 is 16.0 Å². The van der Waals surface area contributed by atoms with Crippen LogP contribution >= 0.6 is 0 Å². The number of aliphatic hydroxyl groups is 2. The van der Waals surface area contributed by atoms with Crippen LogP contribution in [0.1, 0.15) is 156 Å². The summed E-state index contributed by atoms with van der Waals surface area (Å²) in [6.07, 6.45) is 15.5. The van der Waals surface area contributed by atoms with Gasteiger partial charge >= 0.3 is 5.97 Å². The molecule has 0 aromatic heterocycles. The summed E-state index contributed by atoms with van der Waals surface area (Å²) < 4.78 is 23.0. The molecule has 2 unspecified atom stereocenters. The third-order valence-electron chi connectivity index (χ3n) is 22.9. The van der Waals surface area contributed by atoms with Crippen molar-refractivity contribution in [3.63, 3.8) is 0 Å². The van der Waals surface area contributed by atoms with Crippen molar-refractivity contribution in [2.24, 2.45) is 80.8 Å². The van der Waals surface area contributed by atoms with Crippen LogP contribution in [0.2, 0.25) is 0 Å². The summed E-state index contributed by atoms with van der Waals surface area (Å²) in [5.41, 5.74) is 0.519. The number of hydrogen-bond donors (Lipinski definition) is 5. The number of halogens is 1. The number of ether oxygens (including phenoxy) is 1. The number of hydrogen-bond acceptors (Lipinski definition) is 10. The van der Waals surface area contributed by atoms with E-state index in [1.807, 2.05) is 20.8 Å². The van der Waals surface area contributed by atoms with Crippen molar-refractivity contribution in [3.8, 4) is 0 Å². The topological polar surface area (TPSA) is 209 Å². The number of esters is 1. The van der Waals surface area contributed by atoms with Crippen LogP contribution in [0.5, 0.6) is 0 Å². The molecule has 1 aliphatic heterocycles. The molecule has 14 nitrogen and oxygen atoms in total. The number of alkyl halides is 1. The third kappa shape index (κ3) is 10.3. The SMILES string of the molecule is CC(C)[C@H](NC(=O)[C@@H]1CCCN1C(=O)[C@H](C)NC(=O)[C@H](C)NC(=O)c1ccccc1)C(=O)OC(C[C@H]1CC[C@H]2[C@@H]3CCC4=CCC=C[C@]4(C)[C@H]3CC[C@]12C)C(O)C(=O)[C@H]1[C@H](C)C[C@H]2[C@@H]3C[C@H](F)C4=CC(=O)C=C[C@]4(C)[C@H]3[C@@H](O)C[C@@]21C. The maximum atomic E-state index is 16.4. The van der Waals surface area contributed by atoms with Crippen LogP contribution in [-0.2, 0) is 33.5 Å². The average Bonchev–Trinajstić information content (AvgIpc) is 3.17. The highest BCUT2D eigenvalue weighted by atomic mass is 19.1. The van der Waals surface area contributed by atoms with Gasteiger partial charge in [-0.3, -0.25) is 28.8 Å². The molecule has 21 atom stereocenters. The van der Waals surface area contributed by atoms with E-state index >= 15 is 9.18 Å². The highest BCUT2D eigenvalue weighted by molar-refractivity contribution is 6.01. The quantitative estimate of drug-likeness (QED) is 0.0836. The molecule has 1 saturated heterocycles. The number of carbonyl (C=O) groups excluding carboxylic acids is 7. The lowest BCUT2D eigenvalue weighted by Crippen LogP contribution is -2.59. The van der Waals surface area contributed by atoms with E-state index in [2.05, 4.69) is 48.0 Å². The standard InChI is InChI=1S/C66H89FN4O10/c1-35(2)55(70-60(78)50-19-15-29-71(50)61(79)38(5)69-58(76)37(4)68-59(77)39-16-11-10-12-17-39)62(80)81-52(31-41-21-23-45-43-22-20-40-18-13-14-26-63(40,6)46(43)25-28-64(41,45)7)56(74)57(75)53-36(3)30-47-44-33-49(67)48-32-42(72)24-27-65(48,8)54(44)51(73)34-66(47,53)9/h10-12,14,16-18,24,26-27,32,35-38,41,43-47,49-56,73-74H,13,15,19-23,25,28-31,33-34H2,1-9H3,(H,68,77)(H,69,76)(H,70,78)/t36-,37+,38+,41-,43+,44+,45+,46+,47+,49+,50+,51+,52?,53-,54-,55+,56?,63+,64-,65+,66+/m1/s1. The molecule has 1 aromatic rings. The van der Waals surface area contributed by atoms with Crippen molar-refractivity contribution in [2.75, 3.05) is 6.54 Å². The van der Waals surface area contributed by atoms with Gasteiger partial charge in [0.05, 0.1) is 6.10 Å². The number of nitrogens with one attached hydrogen (secondary N) is 3. The molecular formula is C66H89FN4O10. The second-order valence-corrected chi connectivity index (χ2v) is 27.7. The Morgan fingerprint density at radius 2 is 1.58 bits per heavy atom. The number of carbonyl (C=O) groups is 7. The number of amides is 4. The van der Waals surface area contributed by atoms with Crippen LogP contribution in [0.3, 0.4) is 0 Å². The van der Waals surface area contributed by atoms with Crippen molar-refractivity contribution < 1.29 is 52.9 Å². The number of ketones is 2. The highest BCUT2D eigenvalue weighted by Gasteiger charge is 2.67. The fourth-order valence-corrected chi connectivity index (χ4v) is 18.9. The Labute approximate surface area is 478 Å². The predicted molar refractivity (Wildman–Crippen MR) is 304 cm³/mol. The van der Waals surface area contributed by atoms with Crippen molar-refractivity contribution in [2.45, 2.75) is 194 Å². The van der Waals surface area contributed by atoms with Gasteiger partial charge in [-0.15, -0.1) is 0 Å². The second kappa shape index (κ2) is 22.4. The van der Waals surface area contributed by atoms with Crippen LogP contribution in [0.25, 0.3) is 0 Å². The number of fused-ring (bicyclic) bond motifs is 10. The molecule has 5 N–H and O–H groups in total. The molecule has 10 rings (SSSR count). The number of nitrogens with zero attached hydrogens (tertiary/aromatic N) is 1. The van der Waals surface area contributed by atoms with E-state index in [9.17, 15) is 39.0 Å². The largest absolute Gasteiger partial charge is 0.458 e. The molecule has 15 heteroatoms. The molecule has 1 aromatic carbocycles. The highest BCUT2D eigenvalue weighted by Crippen LogP contribution is 2.69. The lowest BCUT2D eigenvalue weighted by Gasteiger charge is -2.59. The summed E-state index contributed by atoms with van der Waals surface area (Å²) in [5, 5.41) is 33.4. The summed E-state index contributed by atoms with van der Waals surface area (Å²) in [6, 6.07) is 4.27. The van der Waals surface area contributed by atoms with Gasteiger partial charge in [-0.05, 0) is 185 Å². The van der Waals surface area contributed by atoms with Gasteiger partial charge in [-0.25, -0.2) is 9.18 Å². The molecule has 6 saturated carbocycles. The fourth-order valence-electron chi connectivity index (χ4n) is 18.9. The van der Waals surface area contributed by atoms with Crippen molar-refractivity contribution in [3.05, 3.63) is 83.5 Å². The molecule has 440 valence electrons. The first-order chi connectivity index (χ1) is 38.3. The van der Waals surface area contributed by atoms with Gasteiger partial charge in [-0.2, -0.15) is 0 Å². The zero-order valence-corrected chi connectivity index (χ0v) is 49.1. The van der Waals surface area contributed by atoms with Gasteiger partial charge in [0.1, 0.15) is 42.5 Å². The van der Waals surface area contributed by atoms with Gasteiger partial charge in [-0.1, -0.05) is 96.5 Å². The molecule has 4 amide bonds. The van der Waals surface area contributed by atoms with Crippen LogP contribution in [-0.4, -0.2) is 111 Å². The molecule has 81 heavy (non-hydrogen) atoms. The van der Waals surface area contributed by atoms with Crippen molar-refractivity contribution >= 4 is 41.2 Å². The lowest BCUT2D eigenvalue weighted by molar-refractivity contribution is -0.169. The molecule has 8 aliphatic carbocycles. The first-order valence-electron chi connectivity index (χ1n) is 30.7. The van der Waals surface area contributed by atoms with E-state index in [0.717, 1.165) is 44.9 Å². The molecule has 0 radical (unpaired) electrons. The Kier molecular flexibility index (Phi) is 16.3. The Hall–Kier alpha value is -5.28. The number of aliphatic hydroxyl groups excluding tert-OH is 2. The van der Waals surface area contributed by atoms with Gasteiger partial charge in [0.2, 0.25) is 17.7 Å². The van der Waals surface area contributed by atoms with E-state index in [1.54, 1.807) is 55.8 Å². The van der Waals surface area contributed by atoms with Gasteiger partial charge in [0, 0.05) is 34.8 Å². The minimum absolute atomic E-state index is 0.00911. The van der Waals surface area contributed by atoms with Crippen molar-refractivity contribution in [1.82, 2.24) is 20.9 Å². The van der Waals surface area contributed by atoms with Crippen LogP contribution in [0.15, 0.2) is 77.9 Å². The molecule has 0 bridgehead atoms. The Morgan fingerprint density at radius 3 is 2.31 bits per heavy atom. The van der Waals surface area contributed by atoms with E-state index in [4.69, 9.17) is 4.74 Å². The summed E-state index contributed by atoms with van der Waals surface area (Å²) in [5.74, 6) is -4.50. The van der Waals surface area contributed by atoms with Gasteiger partial charge in [0.15, 0.2) is 11.6 Å². The lowest BCUT2D eigenvalue weighted by atomic mass is 9.46. The Balaban J connectivity index is 0.876. The van der Waals surface area contributed by atoms with Gasteiger partial charge in [0.25, 0.3) is 5.91 Å². The van der Waals surface area contributed by atoms with Crippen LogP contribution in [0.4, 0.5) is 4.39 Å². The normalized spacial score (nSPS) is 39.2. The number of benzene rings is 1. The van der Waals surface area contributed by atoms with E-state index in [0.29, 0.717) is 48.2 Å². The molecule has 7 fully saturated rings. The molecular weight excluding hydrogens is 1030 g/mol. The zero-order valence-electron chi connectivity index (χ0n) is 49.1. The van der Waals surface area contributed by atoms with Gasteiger partial charge < -0.3 is 35.8 Å². The van der Waals surface area contributed by atoms with E-state index in [-0.39, 0.29) is 72.0 Å². The number of Topliss-reactive ketones (excluding diaryl/α,β-unsaturated/α-hetero) is 1. The number of likely N-dealkylation sites (tertiary alicyclic amines) is 1. The second-order valence-electron chi connectivity index (χ2n) is 27.7. The summed E-state index contributed by atoms with van der Waals surface area (Å²) >= 11 is 0.